The van der Waals surface area contributed by atoms with E-state index in [1.165, 1.54) is 28.1 Å². The lowest BCUT2D eigenvalue weighted by molar-refractivity contribution is 0.612. The van der Waals surface area contributed by atoms with Crippen molar-refractivity contribution in [3.8, 4) is 5.69 Å². The van der Waals surface area contributed by atoms with Crippen molar-refractivity contribution in [2.45, 2.75) is 25.0 Å². The number of nitrogens with zero attached hydrogens (tertiary/aromatic N) is 4. The third kappa shape index (κ3) is 2.30. The third-order valence-electron chi connectivity index (χ3n) is 4.37. The summed E-state index contributed by atoms with van der Waals surface area (Å²) < 4.78 is 36.7. The predicted molar refractivity (Wildman–Crippen MR) is 99.2 cm³/mol. The van der Waals surface area contributed by atoms with Crippen LogP contribution in [0.2, 0.25) is 0 Å². The van der Waals surface area contributed by atoms with Crippen LogP contribution in [-0.4, -0.2) is 23.4 Å². The van der Waals surface area contributed by atoms with E-state index in [1.807, 2.05) is 0 Å². The maximum atomic E-state index is 15.2. The van der Waals surface area contributed by atoms with Crippen LogP contribution in [0, 0.1) is 18.6 Å². The van der Waals surface area contributed by atoms with Crippen LogP contribution >= 0.6 is 23.5 Å². The zero-order valence-corrected chi connectivity index (χ0v) is 15.2. The SMILES string of the molecule is Cc1ccc(-n2c(=O)n(SC3CC3)c3cc4snnc4c(F)c32)c(F)c1. The van der Waals surface area contributed by atoms with Crippen molar-refractivity contribution in [3.63, 3.8) is 0 Å². The van der Waals surface area contributed by atoms with E-state index in [1.54, 1.807) is 19.1 Å². The molecule has 2 aromatic heterocycles. The van der Waals surface area contributed by atoms with Crippen LogP contribution in [0.15, 0.2) is 29.1 Å². The lowest BCUT2D eigenvalue weighted by Gasteiger charge is -2.06. The molecule has 1 aliphatic carbocycles. The number of benzene rings is 2. The van der Waals surface area contributed by atoms with E-state index in [-0.39, 0.29) is 16.7 Å². The molecular weight excluding hydrogens is 378 g/mol. The highest BCUT2D eigenvalue weighted by Crippen LogP contribution is 2.38. The Morgan fingerprint density at radius 1 is 1.27 bits per heavy atom. The Morgan fingerprint density at radius 3 is 2.81 bits per heavy atom. The minimum atomic E-state index is -0.654. The number of imidazole rings is 1. The summed E-state index contributed by atoms with van der Waals surface area (Å²) in [6.45, 7) is 1.76. The van der Waals surface area contributed by atoms with E-state index in [0.717, 1.165) is 34.5 Å². The molecule has 5 nitrogen and oxygen atoms in total. The van der Waals surface area contributed by atoms with Crippen LogP contribution in [-0.2, 0) is 0 Å². The molecule has 0 unspecified atom stereocenters. The van der Waals surface area contributed by atoms with Crippen molar-refractivity contribution >= 4 is 44.7 Å². The summed E-state index contributed by atoms with van der Waals surface area (Å²) in [5.41, 5.74) is 0.833. The molecule has 0 aliphatic heterocycles. The van der Waals surface area contributed by atoms with Crippen LogP contribution in [0.5, 0.6) is 0 Å². The van der Waals surface area contributed by atoms with Gasteiger partial charge in [0.15, 0.2) is 5.82 Å². The minimum absolute atomic E-state index is 0.0298. The van der Waals surface area contributed by atoms with Gasteiger partial charge in [0.2, 0.25) is 0 Å². The zero-order valence-electron chi connectivity index (χ0n) is 13.6. The van der Waals surface area contributed by atoms with Gasteiger partial charge >= 0.3 is 5.69 Å². The van der Waals surface area contributed by atoms with Crippen LogP contribution in [0.3, 0.4) is 0 Å². The lowest BCUT2D eigenvalue weighted by Crippen LogP contribution is -2.21. The fourth-order valence-corrected chi connectivity index (χ4v) is 4.62. The smallest absolute Gasteiger partial charge is 0.254 e. The normalized spacial score (nSPS) is 14.6. The molecule has 0 spiro atoms. The number of fused-ring (bicyclic) bond motifs is 2. The fourth-order valence-electron chi connectivity index (χ4n) is 2.96. The average Bonchev–Trinajstić information content (AvgIpc) is 3.23. The summed E-state index contributed by atoms with van der Waals surface area (Å²) in [6.07, 6.45) is 2.02. The Labute approximate surface area is 154 Å². The Kier molecular flexibility index (Phi) is 3.45. The van der Waals surface area contributed by atoms with Gasteiger partial charge in [-0.3, -0.25) is 4.57 Å². The van der Waals surface area contributed by atoms with E-state index in [4.69, 9.17) is 0 Å². The van der Waals surface area contributed by atoms with Gasteiger partial charge < -0.3 is 0 Å². The summed E-state index contributed by atoms with van der Waals surface area (Å²) in [7, 11) is 0. The molecule has 2 heterocycles. The topological polar surface area (TPSA) is 52.7 Å². The number of rotatable bonds is 3. The first-order valence-corrected chi connectivity index (χ1v) is 9.67. The van der Waals surface area contributed by atoms with E-state index >= 15 is 4.39 Å². The first kappa shape index (κ1) is 16.0. The lowest BCUT2D eigenvalue weighted by atomic mass is 10.2. The molecule has 1 fully saturated rings. The Hall–Kier alpha value is -2.26. The predicted octanol–water partition coefficient (Wildman–Crippen LogP) is 4.04. The van der Waals surface area contributed by atoms with Crippen molar-refractivity contribution in [2.24, 2.45) is 0 Å². The molecule has 1 aliphatic rings. The molecule has 0 radical (unpaired) electrons. The largest absolute Gasteiger partial charge is 0.344 e. The van der Waals surface area contributed by atoms with Crippen LogP contribution < -0.4 is 5.69 Å². The van der Waals surface area contributed by atoms with Gasteiger partial charge in [0.05, 0.1) is 15.9 Å². The number of hydrogen-bond donors (Lipinski definition) is 0. The molecule has 0 saturated heterocycles. The summed E-state index contributed by atoms with van der Waals surface area (Å²) >= 11 is 2.43. The van der Waals surface area contributed by atoms with Crippen molar-refractivity contribution < 1.29 is 8.78 Å². The molecule has 132 valence electrons. The number of halogens is 2. The highest BCUT2D eigenvalue weighted by Gasteiger charge is 2.29. The fraction of sp³-hybridized carbons (Fsp3) is 0.235. The van der Waals surface area contributed by atoms with Gasteiger partial charge in [-0.2, -0.15) is 0 Å². The van der Waals surface area contributed by atoms with E-state index in [0.29, 0.717) is 15.5 Å². The van der Waals surface area contributed by atoms with E-state index in [2.05, 4.69) is 9.59 Å². The molecule has 4 aromatic rings. The molecule has 0 bridgehead atoms. The van der Waals surface area contributed by atoms with Crippen molar-refractivity contribution in [1.82, 2.24) is 18.1 Å². The molecule has 5 rings (SSSR count). The Balaban J connectivity index is 1.92. The molecule has 9 heteroatoms. The maximum absolute atomic E-state index is 15.2. The zero-order chi connectivity index (χ0) is 18.0. The molecule has 0 N–H and O–H groups in total. The first-order chi connectivity index (χ1) is 12.5. The minimum Gasteiger partial charge on any atom is -0.254 e. The van der Waals surface area contributed by atoms with Gasteiger partial charge in [-0.1, -0.05) is 10.6 Å². The van der Waals surface area contributed by atoms with Crippen molar-refractivity contribution in [2.75, 3.05) is 0 Å². The quantitative estimate of drug-likeness (QED) is 0.530. The summed E-state index contributed by atoms with van der Waals surface area (Å²) in [5, 5.41) is 4.15. The molecular formula is C17H12F2N4OS2. The second kappa shape index (κ2) is 5.62. The molecule has 2 aromatic carbocycles. The number of aryl methyl sites for hydroxylation is 1. The maximum Gasteiger partial charge on any atom is 0.344 e. The molecule has 26 heavy (non-hydrogen) atoms. The molecule has 0 amide bonds. The average molecular weight is 390 g/mol. The van der Waals surface area contributed by atoms with Gasteiger partial charge in [-0.05, 0) is 67.0 Å². The number of hydrogen-bond acceptors (Lipinski definition) is 5. The molecule has 1 saturated carbocycles. The Bertz CT molecular complexity index is 1240. The second-order valence-electron chi connectivity index (χ2n) is 6.35. The van der Waals surface area contributed by atoms with Gasteiger partial charge in [0.1, 0.15) is 16.9 Å². The monoisotopic (exact) mass is 390 g/mol. The van der Waals surface area contributed by atoms with Gasteiger partial charge in [-0.25, -0.2) is 17.5 Å². The van der Waals surface area contributed by atoms with E-state index < -0.39 is 17.3 Å². The van der Waals surface area contributed by atoms with Crippen LogP contribution in [0.4, 0.5) is 8.78 Å². The number of aromatic nitrogens is 4. The highest BCUT2D eigenvalue weighted by atomic mass is 32.2. The summed E-state index contributed by atoms with van der Waals surface area (Å²) in [4.78, 5) is 13.1. The molecule has 0 atom stereocenters. The van der Waals surface area contributed by atoms with E-state index in [9.17, 15) is 9.18 Å². The first-order valence-electron chi connectivity index (χ1n) is 8.06. The van der Waals surface area contributed by atoms with Crippen molar-refractivity contribution in [1.29, 1.82) is 0 Å². The second-order valence-corrected chi connectivity index (χ2v) is 8.38. The standard InChI is InChI=1S/C17H12F2N4OS2/c1-8-2-5-11(10(18)6-8)22-16-12(23(17(22)24)26-9-3-4-9)7-13-15(14(16)19)20-21-25-13/h2,5-7,9H,3-4H2,1H3. The Morgan fingerprint density at radius 2 is 2.08 bits per heavy atom. The van der Waals surface area contributed by atoms with Crippen LogP contribution in [0.1, 0.15) is 18.4 Å². The summed E-state index contributed by atoms with van der Waals surface area (Å²) in [6, 6.07) is 6.24. The van der Waals surface area contributed by atoms with Crippen molar-refractivity contribution in [3.05, 3.63) is 51.9 Å². The van der Waals surface area contributed by atoms with Gasteiger partial charge in [0.25, 0.3) is 0 Å². The third-order valence-corrected chi connectivity index (χ3v) is 6.37. The summed E-state index contributed by atoms with van der Waals surface area (Å²) in [5.74, 6) is -1.23. The van der Waals surface area contributed by atoms with Gasteiger partial charge in [-0.15, -0.1) is 5.10 Å². The van der Waals surface area contributed by atoms with Crippen LogP contribution in [0.25, 0.3) is 26.9 Å². The van der Waals surface area contributed by atoms with Gasteiger partial charge in [0, 0.05) is 5.25 Å². The highest BCUT2D eigenvalue weighted by molar-refractivity contribution is 7.98.